The average molecular weight is 556 g/mol. The zero-order valence-corrected chi connectivity index (χ0v) is 23.2. The molecular formula is C26H25N3O3S4. The number of aryl methyl sites for hydroxylation is 2. The van der Waals surface area contributed by atoms with E-state index < -0.39 is 19.8 Å². The lowest BCUT2D eigenvalue weighted by molar-refractivity contribution is 0.598. The zero-order valence-electron chi connectivity index (χ0n) is 19.9. The Morgan fingerprint density at radius 2 is 1.61 bits per heavy atom. The second-order valence-electron chi connectivity index (χ2n) is 8.11. The highest BCUT2D eigenvalue weighted by atomic mass is 32.3. The quantitative estimate of drug-likeness (QED) is 0.158. The first-order valence-electron chi connectivity index (χ1n) is 10.8. The molecular weight excluding hydrogens is 531 g/mol. The number of nitrogens with one attached hydrogen (secondary N) is 1. The number of thioether (sulfide) groups is 1. The van der Waals surface area contributed by atoms with Gasteiger partial charge in [-0.3, -0.25) is 5.41 Å². The van der Waals surface area contributed by atoms with Crippen LogP contribution in [0.15, 0.2) is 102 Å². The van der Waals surface area contributed by atoms with Crippen molar-refractivity contribution < 1.29 is 12.6 Å². The fourth-order valence-corrected chi connectivity index (χ4v) is 10.2. The van der Waals surface area contributed by atoms with Gasteiger partial charge >= 0.3 is 0 Å². The zero-order chi connectivity index (χ0) is 26.1. The van der Waals surface area contributed by atoms with Gasteiger partial charge in [-0.1, -0.05) is 57.9 Å². The molecule has 0 radical (unpaired) electrons. The molecule has 0 saturated carbocycles. The SMILES string of the molecule is CSc1sc(C(=N)N)cc1S(=O)(=NS(=O)(=O)c1ccc(C)cc1)c1cccc(-c2ccccc2C)c1. The molecule has 1 aromatic heterocycles. The Balaban J connectivity index is 2.04. The summed E-state index contributed by atoms with van der Waals surface area (Å²) >= 11 is 2.51. The van der Waals surface area contributed by atoms with Crippen molar-refractivity contribution >= 4 is 48.7 Å². The van der Waals surface area contributed by atoms with Crippen LogP contribution in [-0.2, 0) is 19.8 Å². The lowest BCUT2D eigenvalue weighted by atomic mass is 10.0. The summed E-state index contributed by atoms with van der Waals surface area (Å²) in [5.41, 5.74) is 9.40. The molecule has 0 amide bonds. The van der Waals surface area contributed by atoms with Crippen LogP contribution in [0.4, 0.5) is 0 Å². The van der Waals surface area contributed by atoms with Crippen LogP contribution in [0.1, 0.15) is 16.0 Å². The first-order valence-corrected chi connectivity index (χ1v) is 15.8. The van der Waals surface area contributed by atoms with Gasteiger partial charge in [-0.25, -0.2) is 4.21 Å². The second kappa shape index (κ2) is 10.2. The lowest BCUT2D eigenvalue weighted by Gasteiger charge is -2.14. The maximum absolute atomic E-state index is 14.9. The topological polar surface area (TPSA) is 113 Å². The van der Waals surface area contributed by atoms with E-state index in [0.29, 0.717) is 9.09 Å². The van der Waals surface area contributed by atoms with E-state index in [1.54, 1.807) is 36.6 Å². The second-order valence-corrected chi connectivity index (χ2v) is 14.2. The van der Waals surface area contributed by atoms with Crippen LogP contribution in [0.5, 0.6) is 0 Å². The van der Waals surface area contributed by atoms with Crippen molar-refractivity contribution in [3.8, 4) is 11.1 Å². The van der Waals surface area contributed by atoms with Gasteiger partial charge in [0, 0.05) is 0 Å². The van der Waals surface area contributed by atoms with E-state index >= 15 is 0 Å². The van der Waals surface area contributed by atoms with Crippen molar-refractivity contribution in [2.24, 2.45) is 9.50 Å². The van der Waals surface area contributed by atoms with Crippen molar-refractivity contribution in [1.29, 1.82) is 5.41 Å². The number of benzene rings is 3. The molecule has 1 atom stereocenters. The molecule has 1 unspecified atom stereocenters. The largest absolute Gasteiger partial charge is 0.383 e. The number of nitrogens with two attached hydrogens (primary N) is 1. The fourth-order valence-electron chi connectivity index (χ4n) is 3.66. The predicted molar refractivity (Wildman–Crippen MR) is 149 cm³/mol. The molecule has 4 rings (SSSR count). The first kappa shape index (κ1) is 26.2. The maximum Gasteiger partial charge on any atom is 0.290 e. The van der Waals surface area contributed by atoms with E-state index in [4.69, 9.17) is 11.1 Å². The Hall–Kier alpha value is -2.92. The predicted octanol–water partition coefficient (Wildman–Crippen LogP) is 6.31. The van der Waals surface area contributed by atoms with E-state index in [2.05, 4.69) is 3.77 Å². The molecule has 6 nitrogen and oxygen atoms in total. The van der Waals surface area contributed by atoms with Gasteiger partial charge in [-0.2, -0.15) is 8.42 Å². The number of nitrogens with zero attached hydrogens (tertiary/aromatic N) is 1. The van der Waals surface area contributed by atoms with Crippen LogP contribution in [-0.4, -0.2) is 24.7 Å². The van der Waals surface area contributed by atoms with Gasteiger partial charge in [0.25, 0.3) is 10.0 Å². The number of hydrogen-bond acceptors (Lipinski definition) is 6. The Kier molecular flexibility index (Phi) is 7.42. The number of hydrogen-bond donors (Lipinski definition) is 2. The van der Waals surface area contributed by atoms with Gasteiger partial charge in [0.1, 0.15) is 15.6 Å². The minimum Gasteiger partial charge on any atom is -0.383 e. The van der Waals surface area contributed by atoms with Gasteiger partial charge in [-0.05, 0) is 67.1 Å². The fraction of sp³-hybridized carbons (Fsp3) is 0.115. The molecule has 0 spiro atoms. The van der Waals surface area contributed by atoms with Crippen molar-refractivity contribution in [2.75, 3.05) is 6.26 Å². The van der Waals surface area contributed by atoms with Crippen LogP contribution < -0.4 is 5.73 Å². The molecule has 0 saturated heterocycles. The van der Waals surface area contributed by atoms with Crippen LogP contribution in [0.3, 0.4) is 0 Å². The van der Waals surface area contributed by atoms with E-state index in [1.807, 2.05) is 44.2 Å². The number of rotatable bonds is 7. The highest BCUT2D eigenvalue weighted by Crippen LogP contribution is 2.40. The molecule has 0 bridgehead atoms. The molecule has 186 valence electrons. The Labute approximate surface area is 220 Å². The smallest absolute Gasteiger partial charge is 0.290 e. The van der Waals surface area contributed by atoms with Crippen LogP contribution in [0.2, 0.25) is 0 Å². The monoisotopic (exact) mass is 555 g/mol. The molecule has 1 heterocycles. The number of nitrogen functional groups attached to an aromatic ring is 1. The van der Waals surface area contributed by atoms with E-state index in [0.717, 1.165) is 22.3 Å². The molecule has 10 heteroatoms. The maximum atomic E-state index is 14.9. The highest BCUT2D eigenvalue weighted by molar-refractivity contribution is 8.05. The van der Waals surface area contributed by atoms with Crippen LogP contribution in [0.25, 0.3) is 11.1 Å². The van der Waals surface area contributed by atoms with Gasteiger partial charge < -0.3 is 5.73 Å². The summed E-state index contributed by atoms with van der Waals surface area (Å²) in [6.07, 6.45) is 1.80. The third-order valence-electron chi connectivity index (χ3n) is 5.55. The first-order chi connectivity index (χ1) is 17.0. The summed E-state index contributed by atoms with van der Waals surface area (Å²) < 4.78 is 46.4. The summed E-state index contributed by atoms with van der Waals surface area (Å²) in [5, 5.41) is 7.87. The summed E-state index contributed by atoms with van der Waals surface area (Å²) in [5.74, 6) is -0.182. The molecule has 3 N–H and O–H groups in total. The van der Waals surface area contributed by atoms with Gasteiger partial charge in [-0.15, -0.1) is 23.1 Å². The summed E-state index contributed by atoms with van der Waals surface area (Å²) in [4.78, 5) is 0.869. The van der Waals surface area contributed by atoms with Gasteiger partial charge in [0.05, 0.1) is 23.8 Å². The summed E-state index contributed by atoms with van der Waals surface area (Å²) in [7, 11) is -7.98. The van der Waals surface area contributed by atoms with Crippen molar-refractivity contribution in [3.05, 3.63) is 94.9 Å². The third-order valence-corrected chi connectivity index (χ3v) is 12.4. The molecule has 4 aromatic rings. The standard InChI is InChI=1S/C26H25N3O3S4/c1-17-11-13-20(14-12-17)36(31,32)29-35(30,24-16-23(25(27)28)34-26(24)33-3)21-9-6-8-19(15-21)22-10-5-4-7-18(22)2/h4-16H,1-3H3,(H3,27,28). The Bertz CT molecular complexity index is 1680. The molecule has 0 fully saturated rings. The number of sulfonamides is 1. The Morgan fingerprint density at radius 3 is 2.25 bits per heavy atom. The number of thiophene rings is 1. The molecule has 36 heavy (non-hydrogen) atoms. The summed E-state index contributed by atoms with van der Waals surface area (Å²) in [6, 6.07) is 22.6. The van der Waals surface area contributed by atoms with Gasteiger partial charge in [0.2, 0.25) is 0 Å². The van der Waals surface area contributed by atoms with E-state index in [1.165, 1.54) is 41.3 Å². The van der Waals surface area contributed by atoms with Crippen molar-refractivity contribution in [2.45, 2.75) is 32.7 Å². The van der Waals surface area contributed by atoms with Crippen molar-refractivity contribution in [1.82, 2.24) is 0 Å². The average Bonchev–Trinajstić information content (AvgIpc) is 3.30. The third kappa shape index (κ3) is 5.12. The normalized spacial score (nSPS) is 13.2. The Morgan fingerprint density at radius 1 is 0.917 bits per heavy atom. The summed E-state index contributed by atoms with van der Waals surface area (Å²) in [6.45, 7) is 3.84. The molecule has 0 aliphatic carbocycles. The van der Waals surface area contributed by atoms with E-state index in [9.17, 15) is 12.6 Å². The van der Waals surface area contributed by atoms with Crippen LogP contribution in [0, 0.1) is 19.3 Å². The number of amidine groups is 1. The minimum absolute atomic E-state index is 0.0383. The molecule has 0 aliphatic rings. The van der Waals surface area contributed by atoms with Gasteiger partial charge in [0.15, 0.2) is 0 Å². The van der Waals surface area contributed by atoms with Crippen molar-refractivity contribution in [3.63, 3.8) is 0 Å². The van der Waals surface area contributed by atoms with Crippen LogP contribution >= 0.6 is 23.1 Å². The highest BCUT2D eigenvalue weighted by Gasteiger charge is 2.28. The van der Waals surface area contributed by atoms with E-state index in [-0.39, 0.29) is 20.5 Å². The lowest BCUT2D eigenvalue weighted by Crippen LogP contribution is -2.10. The minimum atomic E-state index is -4.29. The molecule has 0 aliphatic heterocycles. The molecule has 3 aromatic carbocycles.